The summed E-state index contributed by atoms with van der Waals surface area (Å²) in [5, 5.41) is 20.1. The van der Waals surface area contributed by atoms with Crippen molar-refractivity contribution in [1.82, 2.24) is 4.90 Å². The van der Waals surface area contributed by atoms with Crippen molar-refractivity contribution in [3.63, 3.8) is 0 Å². The van der Waals surface area contributed by atoms with Crippen LogP contribution in [0.1, 0.15) is 24.0 Å². The number of aromatic hydroxyl groups is 1. The van der Waals surface area contributed by atoms with Crippen LogP contribution in [0.5, 0.6) is 5.75 Å². The van der Waals surface area contributed by atoms with Crippen molar-refractivity contribution in [3.05, 3.63) is 65.7 Å². The molecule has 0 aliphatic carbocycles. The van der Waals surface area contributed by atoms with Crippen molar-refractivity contribution in [2.75, 3.05) is 19.6 Å². The molecule has 1 heterocycles. The highest BCUT2D eigenvalue weighted by molar-refractivity contribution is 5.26. The Bertz CT molecular complexity index is 601. The Morgan fingerprint density at radius 2 is 1.52 bits per heavy atom. The van der Waals surface area contributed by atoms with Crippen LogP contribution in [0.15, 0.2) is 54.6 Å². The molecule has 2 aromatic carbocycles. The lowest BCUT2D eigenvalue weighted by Gasteiger charge is -2.38. The van der Waals surface area contributed by atoms with Crippen LogP contribution in [0.25, 0.3) is 0 Å². The van der Waals surface area contributed by atoms with Crippen molar-refractivity contribution >= 4 is 0 Å². The lowest BCUT2D eigenvalue weighted by molar-refractivity contribution is -0.0203. The first-order valence-corrected chi connectivity index (χ1v) is 8.40. The molecule has 2 N–H and O–H groups in total. The normalized spacial score (nSPS) is 18.0. The number of likely N-dealkylation sites (tertiary alicyclic amines) is 1. The molecule has 1 fully saturated rings. The van der Waals surface area contributed by atoms with Gasteiger partial charge in [-0.05, 0) is 42.5 Å². The molecule has 2 aromatic rings. The fourth-order valence-corrected chi connectivity index (χ4v) is 3.30. The molecule has 1 saturated heterocycles. The van der Waals surface area contributed by atoms with E-state index < -0.39 is 5.60 Å². The summed E-state index contributed by atoms with van der Waals surface area (Å²) in [4.78, 5) is 2.42. The number of phenols is 1. The van der Waals surface area contributed by atoms with Crippen molar-refractivity contribution in [3.8, 4) is 5.75 Å². The smallest absolute Gasteiger partial charge is 0.115 e. The Kier molecular flexibility index (Phi) is 4.99. The second-order valence-corrected chi connectivity index (χ2v) is 6.64. The topological polar surface area (TPSA) is 43.7 Å². The van der Waals surface area contributed by atoms with Gasteiger partial charge in [0.15, 0.2) is 0 Å². The molecule has 122 valence electrons. The zero-order valence-electron chi connectivity index (χ0n) is 13.5. The Morgan fingerprint density at radius 1 is 0.870 bits per heavy atom. The van der Waals surface area contributed by atoms with Crippen LogP contribution in [0.3, 0.4) is 0 Å². The van der Waals surface area contributed by atoms with Crippen molar-refractivity contribution in [2.45, 2.75) is 31.3 Å². The fourth-order valence-electron chi connectivity index (χ4n) is 3.30. The highest BCUT2D eigenvalue weighted by Gasteiger charge is 2.32. The van der Waals surface area contributed by atoms with Crippen LogP contribution in [0.4, 0.5) is 0 Å². The second kappa shape index (κ2) is 7.16. The van der Waals surface area contributed by atoms with E-state index in [0.717, 1.165) is 45.3 Å². The highest BCUT2D eigenvalue weighted by Crippen LogP contribution is 2.26. The number of nitrogens with zero attached hydrogens (tertiary/aromatic N) is 1. The van der Waals surface area contributed by atoms with E-state index in [1.807, 2.05) is 30.3 Å². The fraction of sp³-hybridized carbons (Fsp3) is 0.400. The summed E-state index contributed by atoms with van der Waals surface area (Å²) in [5.41, 5.74) is 1.90. The molecular weight excluding hydrogens is 286 g/mol. The van der Waals surface area contributed by atoms with E-state index in [2.05, 4.69) is 17.0 Å². The number of hydrogen-bond donors (Lipinski definition) is 2. The molecule has 3 nitrogen and oxygen atoms in total. The zero-order chi connectivity index (χ0) is 16.1. The first kappa shape index (κ1) is 16.0. The van der Waals surface area contributed by atoms with Crippen molar-refractivity contribution < 1.29 is 10.2 Å². The van der Waals surface area contributed by atoms with E-state index in [4.69, 9.17) is 0 Å². The van der Waals surface area contributed by atoms with E-state index >= 15 is 0 Å². The summed E-state index contributed by atoms with van der Waals surface area (Å²) in [5.74, 6) is 0.317. The Morgan fingerprint density at radius 3 is 2.17 bits per heavy atom. The van der Waals surface area contributed by atoms with E-state index in [9.17, 15) is 10.2 Å². The van der Waals surface area contributed by atoms with Crippen LogP contribution in [-0.4, -0.2) is 40.3 Å². The van der Waals surface area contributed by atoms with Crippen LogP contribution in [0.2, 0.25) is 0 Å². The molecular formula is C20H25NO2. The third-order valence-corrected chi connectivity index (χ3v) is 4.82. The van der Waals surface area contributed by atoms with Gasteiger partial charge in [-0.25, -0.2) is 0 Å². The molecule has 23 heavy (non-hydrogen) atoms. The largest absolute Gasteiger partial charge is 0.508 e. The molecule has 0 bridgehead atoms. The van der Waals surface area contributed by atoms with Crippen LogP contribution in [-0.2, 0) is 12.8 Å². The summed E-state index contributed by atoms with van der Waals surface area (Å²) >= 11 is 0. The van der Waals surface area contributed by atoms with Crippen LogP contribution in [0, 0.1) is 0 Å². The second-order valence-electron chi connectivity index (χ2n) is 6.64. The van der Waals surface area contributed by atoms with Crippen molar-refractivity contribution in [1.29, 1.82) is 0 Å². The lowest BCUT2D eigenvalue weighted by atomic mass is 9.85. The van der Waals surface area contributed by atoms with Gasteiger partial charge in [0, 0.05) is 26.1 Å². The third-order valence-electron chi connectivity index (χ3n) is 4.82. The van der Waals surface area contributed by atoms with Crippen LogP contribution < -0.4 is 0 Å². The quantitative estimate of drug-likeness (QED) is 0.892. The van der Waals surface area contributed by atoms with Gasteiger partial charge < -0.3 is 15.1 Å². The van der Waals surface area contributed by atoms with E-state index in [1.165, 1.54) is 11.1 Å². The van der Waals surface area contributed by atoms with Gasteiger partial charge in [-0.2, -0.15) is 0 Å². The maximum absolute atomic E-state index is 10.8. The van der Waals surface area contributed by atoms with E-state index in [1.54, 1.807) is 12.1 Å². The molecule has 3 rings (SSSR count). The molecule has 0 unspecified atom stereocenters. The summed E-state index contributed by atoms with van der Waals surface area (Å²) in [6, 6.07) is 17.7. The molecule has 0 atom stereocenters. The minimum atomic E-state index is -0.559. The average molecular weight is 311 g/mol. The third kappa shape index (κ3) is 4.57. The Balaban J connectivity index is 1.47. The van der Waals surface area contributed by atoms with Gasteiger partial charge >= 0.3 is 0 Å². The Hall–Kier alpha value is -1.84. The van der Waals surface area contributed by atoms with Crippen molar-refractivity contribution in [2.24, 2.45) is 0 Å². The van der Waals surface area contributed by atoms with Gasteiger partial charge in [0.05, 0.1) is 5.60 Å². The first-order chi connectivity index (χ1) is 11.1. The van der Waals surface area contributed by atoms with Gasteiger partial charge in [0.2, 0.25) is 0 Å². The summed E-state index contributed by atoms with van der Waals surface area (Å²) in [6.07, 6.45) is 3.39. The lowest BCUT2D eigenvalue weighted by Crippen LogP contribution is -2.46. The average Bonchev–Trinajstić information content (AvgIpc) is 2.57. The van der Waals surface area contributed by atoms with Gasteiger partial charge in [-0.3, -0.25) is 0 Å². The van der Waals surface area contributed by atoms with E-state index in [0.29, 0.717) is 5.75 Å². The van der Waals surface area contributed by atoms with E-state index in [-0.39, 0.29) is 0 Å². The number of phenolic OH excluding ortho intramolecular Hbond substituents is 1. The summed E-state index contributed by atoms with van der Waals surface area (Å²) < 4.78 is 0. The van der Waals surface area contributed by atoms with Gasteiger partial charge in [0.25, 0.3) is 0 Å². The molecule has 0 aromatic heterocycles. The molecule has 0 amide bonds. The summed E-state index contributed by atoms with van der Waals surface area (Å²) in [7, 11) is 0. The zero-order valence-corrected chi connectivity index (χ0v) is 13.5. The highest BCUT2D eigenvalue weighted by atomic mass is 16.3. The maximum atomic E-state index is 10.8. The van der Waals surface area contributed by atoms with Gasteiger partial charge in [-0.1, -0.05) is 42.5 Å². The maximum Gasteiger partial charge on any atom is 0.115 e. The van der Waals surface area contributed by atoms with Crippen LogP contribution >= 0.6 is 0 Å². The number of aliphatic hydroxyl groups is 1. The predicted molar refractivity (Wildman–Crippen MR) is 92.6 cm³/mol. The monoisotopic (exact) mass is 311 g/mol. The SMILES string of the molecule is Oc1ccc(CCN2CCC(O)(Cc3ccccc3)CC2)cc1. The molecule has 0 radical (unpaired) electrons. The molecule has 0 spiro atoms. The molecule has 1 aliphatic rings. The molecule has 3 heteroatoms. The number of hydrogen-bond acceptors (Lipinski definition) is 3. The molecule has 0 saturated carbocycles. The predicted octanol–water partition coefficient (Wildman–Crippen LogP) is 3.00. The number of piperidine rings is 1. The standard InChI is InChI=1S/C20H25NO2/c22-19-8-6-17(7-9-19)10-13-21-14-11-20(23,12-15-21)16-18-4-2-1-3-5-18/h1-9,22-23H,10-16H2. The number of benzene rings is 2. The first-order valence-electron chi connectivity index (χ1n) is 8.40. The Labute approximate surface area is 138 Å². The minimum Gasteiger partial charge on any atom is -0.508 e. The van der Waals surface area contributed by atoms with Gasteiger partial charge in [-0.15, -0.1) is 0 Å². The van der Waals surface area contributed by atoms with Gasteiger partial charge in [0.1, 0.15) is 5.75 Å². The molecule has 1 aliphatic heterocycles. The summed E-state index contributed by atoms with van der Waals surface area (Å²) in [6.45, 7) is 2.90. The number of rotatable bonds is 5. The minimum absolute atomic E-state index is 0.317.